The van der Waals surface area contributed by atoms with Crippen LogP contribution in [-0.4, -0.2) is 17.0 Å². The average molecular weight is 317 g/mol. The molecule has 1 aromatic carbocycles. The molecule has 0 saturated carbocycles. The van der Waals surface area contributed by atoms with Gasteiger partial charge in [0.05, 0.1) is 5.69 Å². The third-order valence-electron chi connectivity index (χ3n) is 3.42. The molecule has 1 heterocycles. The number of carboxylic acids is 1. The summed E-state index contributed by atoms with van der Waals surface area (Å²) in [5, 5.41) is 13.7. The summed E-state index contributed by atoms with van der Waals surface area (Å²) in [6.07, 6.45) is 1.74. The Morgan fingerprint density at radius 2 is 1.95 bits per heavy atom. The molecule has 4 nitrogen and oxygen atoms in total. The van der Waals surface area contributed by atoms with E-state index in [-0.39, 0.29) is 18.2 Å². The van der Waals surface area contributed by atoms with Gasteiger partial charge in [0.25, 0.3) is 5.91 Å². The Kier molecular flexibility index (Phi) is 5.72. The second-order valence-corrected chi connectivity index (χ2v) is 6.32. The van der Waals surface area contributed by atoms with Crippen molar-refractivity contribution in [3.63, 3.8) is 0 Å². The fourth-order valence-electron chi connectivity index (χ4n) is 2.21. The standard InChI is InChI=1S/C17H19NO3S/c1-12(11-16(19)20)7-8-15-14(9-10-22-15)18-17(21)13-5-3-2-4-6-13/h2-6,9-10,12H,7-8,11H2,1H3,(H,18,21)(H,19,20). The quantitative estimate of drug-likeness (QED) is 0.810. The van der Waals surface area contributed by atoms with E-state index in [1.807, 2.05) is 36.6 Å². The van der Waals surface area contributed by atoms with Crippen LogP contribution in [0.15, 0.2) is 41.8 Å². The molecule has 2 N–H and O–H groups in total. The molecule has 1 unspecified atom stereocenters. The summed E-state index contributed by atoms with van der Waals surface area (Å²) in [4.78, 5) is 23.9. The van der Waals surface area contributed by atoms with Gasteiger partial charge in [-0.3, -0.25) is 9.59 Å². The largest absolute Gasteiger partial charge is 0.481 e. The molecule has 0 fully saturated rings. The molecule has 0 spiro atoms. The SMILES string of the molecule is CC(CCc1sccc1NC(=O)c1ccccc1)CC(=O)O. The van der Waals surface area contributed by atoms with E-state index < -0.39 is 5.97 Å². The van der Waals surface area contributed by atoms with Gasteiger partial charge in [0.15, 0.2) is 0 Å². The number of hydrogen-bond donors (Lipinski definition) is 2. The minimum absolute atomic E-state index is 0.122. The number of carboxylic acid groups (broad SMARTS) is 1. The molecule has 0 aliphatic carbocycles. The summed E-state index contributed by atoms with van der Waals surface area (Å²) >= 11 is 1.59. The summed E-state index contributed by atoms with van der Waals surface area (Å²) in [7, 11) is 0. The number of benzene rings is 1. The number of thiophene rings is 1. The lowest BCUT2D eigenvalue weighted by atomic mass is 10.0. The summed E-state index contributed by atoms with van der Waals surface area (Å²) in [6.45, 7) is 1.93. The third kappa shape index (κ3) is 4.70. The lowest BCUT2D eigenvalue weighted by Crippen LogP contribution is -2.12. The lowest BCUT2D eigenvalue weighted by molar-refractivity contribution is -0.138. The van der Waals surface area contributed by atoms with Crippen LogP contribution in [0.2, 0.25) is 0 Å². The fraction of sp³-hybridized carbons (Fsp3) is 0.294. The molecule has 0 aliphatic heterocycles. The van der Waals surface area contributed by atoms with E-state index in [9.17, 15) is 9.59 Å². The molecule has 2 aromatic rings. The van der Waals surface area contributed by atoms with Crippen LogP contribution in [-0.2, 0) is 11.2 Å². The predicted molar refractivity (Wildman–Crippen MR) is 88.5 cm³/mol. The Labute approximate surface area is 133 Å². The van der Waals surface area contributed by atoms with E-state index >= 15 is 0 Å². The summed E-state index contributed by atoms with van der Waals surface area (Å²) < 4.78 is 0. The van der Waals surface area contributed by atoms with E-state index in [4.69, 9.17) is 5.11 Å². The number of aliphatic carboxylic acids is 1. The Hall–Kier alpha value is -2.14. The highest BCUT2D eigenvalue weighted by molar-refractivity contribution is 7.10. The molecule has 116 valence electrons. The Bertz CT molecular complexity index is 636. The first kappa shape index (κ1) is 16.2. The first-order valence-electron chi connectivity index (χ1n) is 7.21. The molecule has 0 radical (unpaired) electrons. The number of aryl methyl sites for hydroxylation is 1. The highest BCUT2D eigenvalue weighted by atomic mass is 32.1. The molecule has 1 amide bonds. The van der Waals surface area contributed by atoms with Crippen LogP contribution >= 0.6 is 11.3 Å². The van der Waals surface area contributed by atoms with E-state index in [1.54, 1.807) is 23.5 Å². The van der Waals surface area contributed by atoms with Crippen molar-refractivity contribution in [1.29, 1.82) is 0 Å². The molecule has 5 heteroatoms. The van der Waals surface area contributed by atoms with Crippen molar-refractivity contribution in [2.75, 3.05) is 5.32 Å². The van der Waals surface area contributed by atoms with Crippen LogP contribution in [0.1, 0.15) is 35.0 Å². The number of anilines is 1. The fourth-order valence-corrected chi connectivity index (χ4v) is 3.06. The maximum atomic E-state index is 12.2. The third-order valence-corrected chi connectivity index (χ3v) is 4.40. The molecule has 22 heavy (non-hydrogen) atoms. The highest BCUT2D eigenvalue weighted by Crippen LogP contribution is 2.26. The molecular formula is C17H19NO3S. The van der Waals surface area contributed by atoms with E-state index in [0.717, 1.165) is 23.4 Å². The van der Waals surface area contributed by atoms with Gasteiger partial charge >= 0.3 is 5.97 Å². The zero-order chi connectivity index (χ0) is 15.9. The average Bonchev–Trinajstić information content (AvgIpc) is 2.92. The van der Waals surface area contributed by atoms with Crippen molar-refractivity contribution < 1.29 is 14.7 Å². The Balaban J connectivity index is 1.95. The van der Waals surface area contributed by atoms with Gasteiger partial charge in [0, 0.05) is 16.9 Å². The van der Waals surface area contributed by atoms with Crippen LogP contribution in [0.3, 0.4) is 0 Å². The summed E-state index contributed by atoms with van der Waals surface area (Å²) in [5.74, 6) is -0.771. The number of carbonyl (C=O) groups is 2. The van der Waals surface area contributed by atoms with Gasteiger partial charge < -0.3 is 10.4 Å². The van der Waals surface area contributed by atoms with Crippen LogP contribution in [0.25, 0.3) is 0 Å². The van der Waals surface area contributed by atoms with E-state index in [2.05, 4.69) is 5.32 Å². The van der Waals surface area contributed by atoms with Crippen molar-refractivity contribution in [3.05, 3.63) is 52.2 Å². The lowest BCUT2D eigenvalue weighted by Gasteiger charge is -2.10. The maximum Gasteiger partial charge on any atom is 0.303 e. The zero-order valence-electron chi connectivity index (χ0n) is 12.4. The maximum absolute atomic E-state index is 12.2. The molecule has 1 atom stereocenters. The summed E-state index contributed by atoms with van der Waals surface area (Å²) in [5.41, 5.74) is 1.44. The van der Waals surface area contributed by atoms with Crippen LogP contribution in [0, 0.1) is 5.92 Å². The topological polar surface area (TPSA) is 66.4 Å². The highest BCUT2D eigenvalue weighted by Gasteiger charge is 2.12. The second kappa shape index (κ2) is 7.75. The number of rotatable bonds is 7. The van der Waals surface area contributed by atoms with Gasteiger partial charge in [-0.2, -0.15) is 0 Å². The number of carbonyl (C=O) groups excluding carboxylic acids is 1. The Morgan fingerprint density at radius 1 is 1.23 bits per heavy atom. The molecular weight excluding hydrogens is 298 g/mol. The zero-order valence-corrected chi connectivity index (χ0v) is 13.2. The van der Waals surface area contributed by atoms with Crippen LogP contribution in [0.5, 0.6) is 0 Å². The first-order valence-corrected chi connectivity index (χ1v) is 8.08. The number of amides is 1. The van der Waals surface area contributed by atoms with Gasteiger partial charge in [-0.15, -0.1) is 11.3 Å². The predicted octanol–water partition coefficient (Wildman–Crippen LogP) is 4.04. The van der Waals surface area contributed by atoms with Gasteiger partial charge in [-0.25, -0.2) is 0 Å². The molecule has 2 rings (SSSR count). The monoisotopic (exact) mass is 317 g/mol. The van der Waals surface area contributed by atoms with Crippen LogP contribution in [0.4, 0.5) is 5.69 Å². The van der Waals surface area contributed by atoms with Crippen molar-refractivity contribution in [2.45, 2.75) is 26.2 Å². The second-order valence-electron chi connectivity index (χ2n) is 5.32. The minimum atomic E-state index is -0.767. The van der Waals surface area contributed by atoms with Gasteiger partial charge in [-0.1, -0.05) is 25.1 Å². The molecule has 0 bridgehead atoms. The summed E-state index contributed by atoms with van der Waals surface area (Å²) in [6, 6.07) is 11.0. The molecule has 1 aromatic heterocycles. The molecule has 0 aliphatic rings. The first-order chi connectivity index (χ1) is 10.6. The number of hydrogen-bond acceptors (Lipinski definition) is 3. The molecule has 0 saturated heterocycles. The van der Waals surface area contributed by atoms with Gasteiger partial charge in [0.2, 0.25) is 0 Å². The van der Waals surface area contributed by atoms with Gasteiger partial charge in [0.1, 0.15) is 0 Å². The van der Waals surface area contributed by atoms with E-state index in [1.165, 1.54) is 0 Å². The minimum Gasteiger partial charge on any atom is -0.481 e. The van der Waals surface area contributed by atoms with Crippen LogP contribution < -0.4 is 5.32 Å². The Morgan fingerprint density at radius 3 is 2.64 bits per heavy atom. The van der Waals surface area contributed by atoms with Crippen molar-refractivity contribution in [1.82, 2.24) is 0 Å². The van der Waals surface area contributed by atoms with Gasteiger partial charge in [-0.05, 0) is 42.3 Å². The number of nitrogens with one attached hydrogen (secondary N) is 1. The van der Waals surface area contributed by atoms with Crippen molar-refractivity contribution in [3.8, 4) is 0 Å². The van der Waals surface area contributed by atoms with Crippen molar-refractivity contribution >= 4 is 28.9 Å². The van der Waals surface area contributed by atoms with Crippen molar-refractivity contribution in [2.24, 2.45) is 5.92 Å². The normalized spacial score (nSPS) is 11.9. The smallest absolute Gasteiger partial charge is 0.303 e. The van der Waals surface area contributed by atoms with E-state index in [0.29, 0.717) is 5.56 Å².